The van der Waals surface area contributed by atoms with E-state index < -0.39 is 5.79 Å². The van der Waals surface area contributed by atoms with E-state index in [2.05, 4.69) is 6.92 Å². The average Bonchev–Trinajstić information content (AvgIpc) is 2.34. The summed E-state index contributed by atoms with van der Waals surface area (Å²) >= 11 is 0. The lowest BCUT2D eigenvalue weighted by Gasteiger charge is -2.70. The number of rotatable bonds is 4. The van der Waals surface area contributed by atoms with E-state index in [0.717, 1.165) is 19.3 Å². The molecule has 5 atom stereocenters. The van der Waals surface area contributed by atoms with Crippen LogP contribution in [0.2, 0.25) is 0 Å². The second kappa shape index (κ2) is 4.06. The number of carbonyl (C=O) groups is 1. The molecule has 4 bridgehead atoms. The van der Waals surface area contributed by atoms with Crippen LogP contribution in [0.1, 0.15) is 39.5 Å². The second-order valence-electron chi connectivity index (χ2n) is 6.69. The van der Waals surface area contributed by atoms with Gasteiger partial charge < -0.3 is 15.6 Å². The summed E-state index contributed by atoms with van der Waals surface area (Å²) in [6, 6.07) is 0. The first-order chi connectivity index (χ1) is 8.89. The highest BCUT2D eigenvalue weighted by Gasteiger charge is 2.69. The fourth-order valence-electron chi connectivity index (χ4n) is 4.55. The summed E-state index contributed by atoms with van der Waals surface area (Å²) in [6.45, 7) is 4.55. The normalized spacial score (nSPS) is 47.9. The molecule has 3 saturated carbocycles. The van der Waals surface area contributed by atoms with Crippen molar-refractivity contribution in [2.45, 2.75) is 45.3 Å². The van der Waals surface area contributed by atoms with Gasteiger partial charge in [0.25, 0.3) is 0 Å². The van der Waals surface area contributed by atoms with Crippen LogP contribution in [0.25, 0.3) is 0 Å². The number of amides is 1. The van der Waals surface area contributed by atoms with Crippen LogP contribution in [-0.4, -0.2) is 23.4 Å². The molecule has 3 N–H and O–H groups in total. The highest BCUT2D eigenvalue weighted by Crippen LogP contribution is 2.69. The van der Waals surface area contributed by atoms with Crippen molar-refractivity contribution in [3.8, 4) is 0 Å². The van der Waals surface area contributed by atoms with Crippen molar-refractivity contribution in [1.29, 1.82) is 0 Å². The number of hydrogen-bond acceptors (Lipinski definition) is 3. The molecule has 4 nitrogen and oxygen atoms in total. The zero-order valence-electron chi connectivity index (χ0n) is 11.7. The van der Waals surface area contributed by atoms with Crippen LogP contribution in [-0.2, 0) is 9.53 Å². The van der Waals surface area contributed by atoms with Gasteiger partial charge in [0.15, 0.2) is 5.79 Å². The molecule has 2 heterocycles. The molecule has 0 aromatic carbocycles. The Hall–Kier alpha value is -0.870. The van der Waals surface area contributed by atoms with E-state index in [-0.39, 0.29) is 17.2 Å². The maximum atomic E-state index is 11.0. The number of aliphatic hydroxyl groups is 1. The van der Waals surface area contributed by atoms with E-state index in [1.807, 2.05) is 6.08 Å². The SMILES string of the molecule is C/C(=C\CC[C@@]12CO[C@]3(O)C[C@@H]1C[C@@H]2[C@@H]3C)C(N)=O. The van der Waals surface area contributed by atoms with Gasteiger partial charge in [-0.15, -0.1) is 0 Å². The van der Waals surface area contributed by atoms with E-state index in [4.69, 9.17) is 10.5 Å². The fraction of sp³-hybridized carbons (Fsp3) is 0.800. The Labute approximate surface area is 114 Å². The summed E-state index contributed by atoms with van der Waals surface area (Å²) in [4.78, 5) is 11.0. The van der Waals surface area contributed by atoms with Gasteiger partial charge in [-0.25, -0.2) is 0 Å². The molecule has 0 spiro atoms. The predicted octanol–water partition coefficient (Wildman–Crippen LogP) is 1.58. The van der Waals surface area contributed by atoms with Gasteiger partial charge in [0.1, 0.15) is 0 Å². The highest BCUT2D eigenvalue weighted by molar-refractivity contribution is 5.91. The van der Waals surface area contributed by atoms with Crippen LogP contribution in [0.4, 0.5) is 0 Å². The number of nitrogens with two attached hydrogens (primary N) is 1. The molecule has 5 fully saturated rings. The van der Waals surface area contributed by atoms with E-state index >= 15 is 0 Å². The molecule has 19 heavy (non-hydrogen) atoms. The molecular weight excluding hydrogens is 242 g/mol. The van der Waals surface area contributed by atoms with Crippen LogP contribution in [0.3, 0.4) is 0 Å². The maximum Gasteiger partial charge on any atom is 0.244 e. The van der Waals surface area contributed by atoms with E-state index in [9.17, 15) is 9.90 Å². The van der Waals surface area contributed by atoms with E-state index in [1.54, 1.807) is 6.92 Å². The molecule has 2 saturated heterocycles. The van der Waals surface area contributed by atoms with Crippen LogP contribution in [0.15, 0.2) is 11.6 Å². The van der Waals surface area contributed by atoms with Crippen molar-refractivity contribution in [1.82, 2.24) is 0 Å². The van der Waals surface area contributed by atoms with Crippen LogP contribution >= 0.6 is 0 Å². The first-order valence-electron chi connectivity index (χ1n) is 7.22. The average molecular weight is 265 g/mol. The lowest BCUT2D eigenvalue weighted by Crippen LogP contribution is -2.71. The van der Waals surface area contributed by atoms with Gasteiger partial charge in [0, 0.05) is 23.3 Å². The first kappa shape index (κ1) is 13.1. The topological polar surface area (TPSA) is 72.6 Å². The van der Waals surface area contributed by atoms with Crippen molar-refractivity contribution in [2.24, 2.45) is 28.9 Å². The van der Waals surface area contributed by atoms with Crippen molar-refractivity contribution < 1.29 is 14.6 Å². The third kappa shape index (κ3) is 1.69. The molecule has 0 unspecified atom stereocenters. The monoisotopic (exact) mass is 265 g/mol. The summed E-state index contributed by atoms with van der Waals surface area (Å²) in [5.74, 6) is 0.192. The summed E-state index contributed by atoms with van der Waals surface area (Å²) in [5.41, 5.74) is 6.11. The molecule has 2 aliphatic heterocycles. The number of allylic oxidation sites excluding steroid dienone is 1. The third-order valence-corrected chi connectivity index (χ3v) is 5.98. The summed E-state index contributed by atoms with van der Waals surface area (Å²) in [7, 11) is 0. The van der Waals surface area contributed by atoms with Crippen molar-refractivity contribution in [3.05, 3.63) is 11.6 Å². The zero-order valence-corrected chi connectivity index (χ0v) is 11.7. The predicted molar refractivity (Wildman–Crippen MR) is 70.9 cm³/mol. The molecule has 4 heteroatoms. The van der Waals surface area contributed by atoms with E-state index in [0.29, 0.717) is 24.0 Å². The molecule has 0 aromatic rings. The van der Waals surface area contributed by atoms with Gasteiger partial charge in [0.05, 0.1) is 6.61 Å². The molecule has 106 valence electrons. The van der Waals surface area contributed by atoms with Gasteiger partial charge in [-0.1, -0.05) is 13.0 Å². The second-order valence-corrected chi connectivity index (χ2v) is 6.69. The Morgan fingerprint density at radius 1 is 1.58 bits per heavy atom. The number of carbonyl (C=O) groups excluding carboxylic acids is 1. The summed E-state index contributed by atoms with van der Waals surface area (Å²) in [5, 5.41) is 10.4. The number of hydrogen-bond donors (Lipinski definition) is 2. The highest BCUT2D eigenvalue weighted by atomic mass is 16.6. The minimum absolute atomic E-state index is 0.229. The Morgan fingerprint density at radius 2 is 2.32 bits per heavy atom. The van der Waals surface area contributed by atoms with Crippen molar-refractivity contribution in [3.63, 3.8) is 0 Å². The smallest absolute Gasteiger partial charge is 0.244 e. The molecular formula is C15H23NO3. The number of fused-ring (bicyclic) bond motifs is 1. The minimum Gasteiger partial charge on any atom is -0.366 e. The molecule has 0 aromatic heterocycles. The fourth-order valence-corrected chi connectivity index (χ4v) is 4.55. The van der Waals surface area contributed by atoms with Crippen LogP contribution in [0.5, 0.6) is 0 Å². The summed E-state index contributed by atoms with van der Waals surface area (Å²) < 4.78 is 5.73. The van der Waals surface area contributed by atoms with Gasteiger partial charge >= 0.3 is 0 Å². The Morgan fingerprint density at radius 3 is 2.89 bits per heavy atom. The zero-order chi connectivity index (χ0) is 13.8. The molecule has 5 aliphatic rings. The van der Waals surface area contributed by atoms with Gasteiger partial charge in [-0.3, -0.25) is 4.79 Å². The van der Waals surface area contributed by atoms with Gasteiger partial charge in [0.2, 0.25) is 5.91 Å². The Balaban J connectivity index is 1.69. The quantitative estimate of drug-likeness (QED) is 0.758. The van der Waals surface area contributed by atoms with Crippen LogP contribution < -0.4 is 5.73 Å². The standard InChI is InChI=1S/C15H23NO3/c1-9(13(16)17)4-3-5-14-8-19-15(18)7-11(14)6-12(14)10(15)2/h4,10-12,18H,3,5-8H2,1-2H3,(H2,16,17)/b9-4+/t10-,11-,12+,14+,15+/m0/s1. The van der Waals surface area contributed by atoms with Crippen molar-refractivity contribution in [2.75, 3.05) is 6.61 Å². The molecule has 3 aliphatic carbocycles. The Kier molecular flexibility index (Phi) is 2.81. The number of primary amides is 1. The van der Waals surface area contributed by atoms with Gasteiger partial charge in [-0.2, -0.15) is 0 Å². The Bertz CT molecular complexity index is 447. The lowest BCUT2D eigenvalue weighted by molar-refractivity contribution is -0.395. The molecule has 0 radical (unpaired) electrons. The lowest BCUT2D eigenvalue weighted by atomic mass is 9.40. The number of ether oxygens (including phenoxy) is 1. The van der Waals surface area contributed by atoms with Crippen molar-refractivity contribution >= 4 is 5.91 Å². The van der Waals surface area contributed by atoms with E-state index in [1.165, 1.54) is 6.42 Å². The van der Waals surface area contributed by atoms with Crippen LogP contribution in [0, 0.1) is 23.2 Å². The van der Waals surface area contributed by atoms with Gasteiger partial charge in [-0.05, 0) is 38.0 Å². The molecule has 1 amide bonds. The first-order valence-corrected chi connectivity index (χ1v) is 7.22. The molecule has 5 rings (SSSR count). The third-order valence-electron chi connectivity index (χ3n) is 5.98. The maximum absolute atomic E-state index is 11.0. The minimum atomic E-state index is -0.867. The largest absolute Gasteiger partial charge is 0.366 e. The summed E-state index contributed by atoms with van der Waals surface area (Å²) in [6.07, 6.45) is 5.86.